The first-order valence-electron chi connectivity index (χ1n) is 14.5. The van der Waals surface area contributed by atoms with E-state index in [9.17, 15) is 9.59 Å². The van der Waals surface area contributed by atoms with Gasteiger partial charge >= 0.3 is 0 Å². The molecule has 1 aliphatic rings. The monoisotopic (exact) mass is 580 g/mol. The lowest BCUT2D eigenvalue weighted by Crippen LogP contribution is -2.17. The standard InChI is InChI=1S/C33H36N6O4/c1-42-26-11-5-7-22(17-26)19-32(40)34-30-15-13-28(36-38-30)24-9-3-4-10-25(21-24)29-14-16-31(39-37-29)35-33(41)20-23-8-6-12-27(18-23)43-2/h5-8,11-18,24-25H,3-4,9-10,19-21H2,1-2H3,(H,34,38,40)(H,35,39,41)/t24-,25-/m0/s1. The summed E-state index contributed by atoms with van der Waals surface area (Å²) in [4.78, 5) is 25.1. The maximum Gasteiger partial charge on any atom is 0.229 e. The van der Waals surface area contributed by atoms with Gasteiger partial charge in [0, 0.05) is 11.8 Å². The zero-order valence-electron chi connectivity index (χ0n) is 24.5. The first kappa shape index (κ1) is 29.6. The van der Waals surface area contributed by atoms with Crippen LogP contribution >= 0.6 is 0 Å². The van der Waals surface area contributed by atoms with E-state index in [1.807, 2.05) is 72.8 Å². The van der Waals surface area contributed by atoms with Crippen molar-refractivity contribution < 1.29 is 19.1 Å². The maximum absolute atomic E-state index is 12.5. The summed E-state index contributed by atoms with van der Waals surface area (Å²) in [7, 11) is 3.20. The SMILES string of the molecule is COc1cccc(CC(=O)Nc2ccc([C@H]3CCCC[C@H](c4ccc(NC(=O)Cc5cccc(OC)c5)nn4)C3)nn2)c1. The van der Waals surface area contributed by atoms with Crippen LogP contribution in [0.1, 0.15) is 66.5 Å². The molecule has 2 amide bonds. The van der Waals surface area contributed by atoms with Crippen LogP contribution in [0, 0.1) is 0 Å². The summed E-state index contributed by atoms with van der Waals surface area (Å²) >= 11 is 0. The Morgan fingerprint density at radius 3 is 1.53 bits per heavy atom. The second kappa shape index (κ2) is 14.4. The smallest absolute Gasteiger partial charge is 0.229 e. The average Bonchev–Trinajstić information content (AvgIpc) is 3.28. The molecule has 0 radical (unpaired) electrons. The second-order valence-electron chi connectivity index (χ2n) is 10.8. The number of benzene rings is 2. The van der Waals surface area contributed by atoms with Crippen molar-refractivity contribution in [1.29, 1.82) is 0 Å². The number of nitrogens with zero attached hydrogens (tertiary/aromatic N) is 4. The molecule has 10 nitrogen and oxygen atoms in total. The second-order valence-corrected chi connectivity index (χ2v) is 10.8. The van der Waals surface area contributed by atoms with E-state index in [0.29, 0.717) is 23.1 Å². The molecule has 0 spiro atoms. The fraction of sp³-hybridized carbons (Fsp3) is 0.333. The van der Waals surface area contributed by atoms with Gasteiger partial charge in [-0.05, 0) is 78.9 Å². The van der Waals surface area contributed by atoms with Crippen molar-refractivity contribution in [3.05, 3.63) is 95.3 Å². The lowest BCUT2D eigenvalue weighted by molar-refractivity contribution is -0.116. The van der Waals surface area contributed by atoms with Crippen LogP contribution in [0.15, 0.2) is 72.8 Å². The number of nitrogens with one attached hydrogen (secondary N) is 2. The third-order valence-corrected chi connectivity index (χ3v) is 7.66. The molecule has 5 rings (SSSR count). The van der Waals surface area contributed by atoms with Crippen LogP contribution < -0.4 is 20.1 Å². The molecule has 222 valence electrons. The quantitative estimate of drug-likeness (QED) is 0.236. The van der Waals surface area contributed by atoms with Gasteiger partial charge < -0.3 is 20.1 Å². The van der Waals surface area contributed by atoms with Gasteiger partial charge in [-0.3, -0.25) is 9.59 Å². The number of amides is 2. The molecule has 2 aromatic carbocycles. The molecule has 2 N–H and O–H groups in total. The first-order valence-corrected chi connectivity index (χ1v) is 14.5. The van der Waals surface area contributed by atoms with Gasteiger partial charge in [-0.1, -0.05) is 37.1 Å². The van der Waals surface area contributed by atoms with Gasteiger partial charge in [0.15, 0.2) is 11.6 Å². The fourth-order valence-corrected chi connectivity index (χ4v) is 5.46. The Morgan fingerprint density at radius 2 is 1.14 bits per heavy atom. The van der Waals surface area contributed by atoms with Gasteiger partial charge in [0.2, 0.25) is 11.8 Å². The van der Waals surface area contributed by atoms with Gasteiger partial charge in [0.05, 0.1) is 38.4 Å². The third kappa shape index (κ3) is 8.34. The molecule has 0 saturated heterocycles. The van der Waals surface area contributed by atoms with Crippen molar-refractivity contribution in [3.63, 3.8) is 0 Å². The Hall–Kier alpha value is -4.86. The summed E-state index contributed by atoms with van der Waals surface area (Å²) < 4.78 is 10.5. The van der Waals surface area contributed by atoms with Gasteiger partial charge in [0.1, 0.15) is 11.5 Å². The van der Waals surface area contributed by atoms with Crippen molar-refractivity contribution in [3.8, 4) is 11.5 Å². The van der Waals surface area contributed by atoms with Crippen molar-refractivity contribution in [2.24, 2.45) is 0 Å². The van der Waals surface area contributed by atoms with Gasteiger partial charge in [-0.2, -0.15) is 10.2 Å². The number of ether oxygens (including phenoxy) is 2. The Morgan fingerprint density at radius 1 is 0.674 bits per heavy atom. The van der Waals surface area contributed by atoms with Crippen molar-refractivity contribution in [2.45, 2.75) is 56.8 Å². The Labute approximate surface area is 251 Å². The van der Waals surface area contributed by atoms with Crippen LogP contribution in [0.25, 0.3) is 0 Å². The highest BCUT2D eigenvalue weighted by molar-refractivity contribution is 5.91. The van der Waals surface area contributed by atoms with E-state index < -0.39 is 0 Å². The zero-order chi connectivity index (χ0) is 30.0. The minimum Gasteiger partial charge on any atom is -0.497 e. The van der Waals surface area contributed by atoms with E-state index in [0.717, 1.165) is 54.6 Å². The van der Waals surface area contributed by atoms with Crippen LogP contribution in [-0.2, 0) is 22.4 Å². The predicted molar refractivity (Wildman–Crippen MR) is 163 cm³/mol. The summed E-state index contributed by atoms with van der Waals surface area (Å²) in [5.41, 5.74) is 3.54. The molecule has 4 aromatic rings. The van der Waals surface area contributed by atoms with E-state index in [1.54, 1.807) is 14.2 Å². The van der Waals surface area contributed by atoms with E-state index in [4.69, 9.17) is 9.47 Å². The van der Waals surface area contributed by atoms with Crippen LogP contribution in [0.3, 0.4) is 0 Å². The van der Waals surface area contributed by atoms with Crippen LogP contribution in [0.2, 0.25) is 0 Å². The summed E-state index contributed by atoms with van der Waals surface area (Å²) in [6.45, 7) is 0. The highest BCUT2D eigenvalue weighted by Gasteiger charge is 2.25. The summed E-state index contributed by atoms with van der Waals surface area (Å²) in [5, 5.41) is 23.2. The largest absolute Gasteiger partial charge is 0.497 e. The van der Waals surface area contributed by atoms with Gasteiger partial charge in [-0.15, -0.1) is 10.2 Å². The number of carbonyl (C=O) groups is 2. The van der Waals surface area contributed by atoms with Crippen LogP contribution in [0.5, 0.6) is 11.5 Å². The molecule has 43 heavy (non-hydrogen) atoms. The lowest BCUT2D eigenvalue weighted by Gasteiger charge is -2.19. The first-order chi connectivity index (χ1) is 21.0. The normalized spacial score (nSPS) is 16.5. The molecule has 2 heterocycles. The Balaban J connectivity index is 1.16. The fourth-order valence-electron chi connectivity index (χ4n) is 5.46. The molecule has 1 aliphatic carbocycles. The molecule has 2 atom stereocenters. The van der Waals surface area contributed by atoms with Crippen LogP contribution in [0.4, 0.5) is 11.6 Å². The Bertz CT molecular complexity index is 1410. The van der Waals surface area contributed by atoms with E-state index in [1.165, 1.54) is 0 Å². The minimum absolute atomic E-state index is 0.164. The average molecular weight is 581 g/mol. The molecule has 0 unspecified atom stereocenters. The Kier molecular flexibility index (Phi) is 9.89. The maximum atomic E-state index is 12.5. The van der Waals surface area contributed by atoms with Crippen molar-refractivity contribution in [1.82, 2.24) is 20.4 Å². The molecule has 0 aliphatic heterocycles. The van der Waals surface area contributed by atoms with Crippen molar-refractivity contribution in [2.75, 3.05) is 24.9 Å². The molecule has 1 saturated carbocycles. The van der Waals surface area contributed by atoms with E-state index in [2.05, 4.69) is 31.0 Å². The molecular weight excluding hydrogens is 544 g/mol. The summed E-state index contributed by atoms with van der Waals surface area (Å²) in [6, 6.07) is 22.4. The highest BCUT2D eigenvalue weighted by Crippen LogP contribution is 2.38. The van der Waals surface area contributed by atoms with Crippen molar-refractivity contribution >= 4 is 23.5 Å². The zero-order valence-corrected chi connectivity index (χ0v) is 24.5. The minimum atomic E-state index is -0.164. The number of anilines is 2. The topological polar surface area (TPSA) is 128 Å². The summed E-state index contributed by atoms with van der Waals surface area (Å²) in [6.07, 6.45) is 5.53. The molecule has 10 heteroatoms. The number of rotatable bonds is 10. The molecular formula is C33H36N6O4. The van der Waals surface area contributed by atoms with Gasteiger partial charge in [0.25, 0.3) is 0 Å². The van der Waals surface area contributed by atoms with E-state index in [-0.39, 0.29) is 36.5 Å². The molecule has 2 aromatic heterocycles. The van der Waals surface area contributed by atoms with Gasteiger partial charge in [-0.25, -0.2) is 0 Å². The number of methoxy groups -OCH3 is 2. The molecule has 1 fully saturated rings. The number of carbonyl (C=O) groups excluding carboxylic acids is 2. The highest BCUT2D eigenvalue weighted by atomic mass is 16.5. The lowest BCUT2D eigenvalue weighted by atomic mass is 9.88. The number of hydrogen-bond acceptors (Lipinski definition) is 8. The van der Waals surface area contributed by atoms with Crippen LogP contribution in [-0.4, -0.2) is 46.4 Å². The molecule has 0 bridgehead atoms. The predicted octanol–water partition coefficient (Wildman–Crippen LogP) is 5.48. The van der Waals surface area contributed by atoms with E-state index >= 15 is 0 Å². The number of aromatic nitrogens is 4. The summed E-state index contributed by atoms with van der Waals surface area (Å²) in [5.74, 6) is 2.41. The number of hydrogen-bond donors (Lipinski definition) is 2. The third-order valence-electron chi connectivity index (χ3n) is 7.66.